The molecule has 74 valence electrons. The van der Waals surface area contributed by atoms with Crippen molar-refractivity contribution in [3.63, 3.8) is 0 Å². The summed E-state index contributed by atoms with van der Waals surface area (Å²) in [5, 5.41) is 9.18. The van der Waals surface area contributed by atoms with Crippen LogP contribution in [0.2, 0.25) is 0 Å². The number of carbonyl (C=O) groups is 2. The van der Waals surface area contributed by atoms with Crippen LogP contribution in [0.3, 0.4) is 0 Å². The zero-order valence-corrected chi connectivity index (χ0v) is 7.56. The van der Waals surface area contributed by atoms with Gasteiger partial charge in [0.25, 0.3) is 0 Å². The van der Waals surface area contributed by atoms with Crippen molar-refractivity contribution < 1.29 is 14.7 Å². The molecule has 0 aliphatic carbocycles. The summed E-state index contributed by atoms with van der Waals surface area (Å²) in [4.78, 5) is 21.1. The molecule has 1 amide bonds. The SMILES string of the molecule is NC(=O)c1ccc(O)cc1CCC=O. The van der Waals surface area contributed by atoms with Gasteiger partial charge in [-0.05, 0) is 30.2 Å². The van der Waals surface area contributed by atoms with Crippen LogP contribution in [0.1, 0.15) is 22.3 Å². The maximum atomic E-state index is 10.9. The summed E-state index contributed by atoms with van der Waals surface area (Å²) in [6, 6.07) is 4.30. The largest absolute Gasteiger partial charge is 0.508 e. The third-order valence-electron chi connectivity index (χ3n) is 1.89. The van der Waals surface area contributed by atoms with Crippen LogP contribution in [0, 0.1) is 0 Å². The Labute approximate surface area is 81.3 Å². The fraction of sp³-hybridized carbons (Fsp3) is 0.200. The zero-order valence-electron chi connectivity index (χ0n) is 7.56. The van der Waals surface area contributed by atoms with Gasteiger partial charge in [-0.2, -0.15) is 0 Å². The number of carbonyl (C=O) groups excluding carboxylic acids is 2. The van der Waals surface area contributed by atoms with Gasteiger partial charge in [0.05, 0.1) is 0 Å². The summed E-state index contributed by atoms with van der Waals surface area (Å²) in [5.74, 6) is -0.484. The second-order valence-corrected chi connectivity index (χ2v) is 2.91. The van der Waals surface area contributed by atoms with Crippen molar-refractivity contribution in [3.8, 4) is 5.75 Å². The summed E-state index contributed by atoms with van der Waals surface area (Å²) in [6.07, 6.45) is 1.48. The number of aromatic hydroxyl groups is 1. The topological polar surface area (TPSA) is 80.4 Å². The second kappa shape index (κ2) is 4.41. The number of nitrogens with two attached hydrogens (primary N) is 1. The van der Waals surface area contributed by atoms with E-state index in [-0.39, 0.29) is 5.75 Å². The molecule has 0 aliphatic rings. The molecule has 3 N–H and O–H groups in total. The molecule has 0 heterocycles. The Morgan fingerprint density at radius 3 is 2.79 bits per heavy atom. The Morgan fingerprint density at radius 1 is 1.50 bits per heavy atom. The smallest absolute Gasteiger partial charge is 0.248 e. The van der Waals surface area contributed by atoms with Crippen molar-refractivity contribution >= 4 is 12.2 Å². The first-order chi connectivity index (χ1) is 6.65. The van der Waals surface area contributed by atoms with Gasteiger partial charge in [-0.1, -0.05) is 0 Å². The lowest BCUT2D eigenvalue weighted by Gasteiger charge is -2.04. The van der Waals surface area contributed by atoms with Crippen LogP contribution in [0.4, 0.5) is 0 Å². The lowest BCUT2D eigenvalue weighted by Crippen LogP contribution is -2.13. The summed E-state index contributed by atoms with van der Waals surface area (Å²) in [5.41, 5.74) is 6.08. The Hall–Kier alpha value is -1.84. The minimum absolute atomic E-state index is 0.0656. The normalized spacial score (nSPS) is 9.71. The van der Waals surface area contributed by atoms with E-state index >= 15 is 0 Å². The average molecular weight is 193 g/mol. The van der Waals surface area contributed by atoms with Gasteiger partial charge in [-0.25, -0.2) is 0 Å². The molecule has 1 aromatic carbocycles. The van der Waals surface area contributed by atoms with Crippen LogP contribution in [0.25, 0.3) is 0 Å². The maximum absolute atomic E-state index is 10.9. The monoisotopic (exact) mass is 193 g/mol. The summed E-state index contributed by atoms with van der Waals surface area (Å²) >= 11 is 0. The van der Waals surface area contributed by atoms with Crippen molar-refractivity contribution in [2.75, 3.05) is 0 Å². The van der Waals surface area contributed by atoms with Gasteiger partial charge in [-0.3, -0.25) is 4.79 Å². The first kappa shape index (κ1) is 10.2. The molecule has 0 unspecified atom stereocenters. The van der Waals surface area contributed by atoms with E-state index in [1.807, 2.05) is 0 Å². The predicted octanol–water partition coefficient (Wildman–Crippen LogP) is 0.623. The highest BCUT2D eigenvalue weighted by atomic mass is 16.3. The van der Waals surface area contributed by atoms with E-state index in [1.165, 1.54) is 18.2 Å². The number of aldehydes is 1. The van der Waals surface area contributed by atoms with Gasteiger partial charge in [0.1, 0.15) is 12.0 Å². The maximum Gasteiger partial charge on any atom is 0.248 e. The van der Waals surface area contributed by atoms with Gasteiger partial charge in [0.2, 0.25) is 5.91 Å². The molecule has 0 spiro atoms. The number of primary amides is 1. The van der Waals surface area contributed by atoms with Gasteiger partial charge in [0.15, 0.2) is 0 Å². The molecule has 4 nitrogen and oxygen atoms in total. The lowest BCUT2D eigenvalue weighted by molar-refractivity contribution is -0.107. The van der Waals surface area contributed by atoms with Gasteiger partial charge >= 0.3 is 0 Å². The van der Waals surface area contributed by atoms with Crippen molar-refractivity contribution in [1.82, 2.24) is 0 Å². The van der Waals surface area contributed by atoms with E-state index in [1.54, 1.807) is 0 Å². The van der Waals surface area contributed by atoms with E-state index in [2.05, 4.69) is 0 Å². The number of phenols is 1. The van der Waals surface area contributed by atoms with Crippen LogP contribution < -0.4 is 5.73 Å². The molecular formula is C10H11NO3. The minimum Gasteiger partial charge on any atom is -0.508 e. The zero-order chi connectivity index (χ0) is 10.6. The van der Waals surface area contributed by atoms with Gasteiger partial charge in [-0.15, -0.1) is 0 Å². The highest BCUT2D eigenvalue weighted by Crippen LogP contribution is 2.17. The average Bonchev–Trinajstić information content (AvgIpc) is 2.14. The van der Waals surface area contributed by atoms with E-state index in [4.69, 9.17) is 5.73 Å². The quantitative estimate of drug-likeness (QED) is 0.688. The first-order valence-corrected chi connectivity index (χ1v) is 4.20. The van der Waals surface area contributed by atoms with E-state index in [9.17, 15) is 14.7 Å². The second-order valence-electron chi connectivity index (χ2n) is 2.91. The molecule has 0 saturated carbocycles. The highest BCUT2D eigenvalue weighted by molar-refractivity contribution is 5.94. The summed E-state index contributed by atoms with van der Waals surface area (Å²) < 4.78 is 0. The third-order valence-corrected chi connectivity index (χ3v) is 1.89. The van der Waals surface area contributed by atoms with Crippen LogP contribution in [-0.2, 0) is 11.2 Å². The summed E-state index contributed by atoms with van der Waals surface area (Å²) in [7, 11) is 0. The summed E-state index contributed by atoms with van der Waals surface area (Å²) in [6.45, 7) is 0. The fourth-order valence-electron chi connectivity index (χ4n) is 1.24. The van der Waals surface area contributed by atoms with Gasteiger partial charge in [0, 0.05) is 12.0 Å². The molecule has 0 saturated heterocycles. The number of hydrogen-bond donors (Lipinski definition) is 2. The van der Waals surface area contributed by atoms with E-state index < -0.39 is 5.91 Å². The standard InChI is InChI=1S/C10H11NO3/c11-10(14)9-4-3-8(13)6-7(9)2-1-5-12/h3-6,13H,1-2H2,(H2,11,14). The number of phenolic OH excluding ortho intramolecular Hbond substituents is 1. The Morgan fingerprint density at radius 2 is 2.21 bits per heavy atom. The number of aryl methyl sites for hydroxylation is 1. The van der Waals surface area contributed by atoms with Crippen molar-refractivity contribution in [2.24, 2.45) is 5.73 Å². The first-order valence-electron chi connectivity index (χ1n) is 4.20. The molecule has 0 aromatic heterocycles. The van der Waals surface area contributed by atoms with Crippen LogP contribution in [0.5, 0.6) is 5.75 Å². The van der Waals surface area contributed by atoms with E-state index in [0.717, 1.165) is 6.29 Å². The highest BCUT2D eigenvalue weighted by Gasteiger charge is 2.08. The molecule has 14 heavy (non-hydrogen) atoms. The molecule has 1 rings (SSSR count). The number of amides is 1. The Bertz CT molecular complexity index is 360. The molecule has 0 radical (unpaired) electrons. The Balaban J connectivity index is 3.02. The molecule has 0 bridgehead atoms. The molecule has 1 aromatic rings. The van der Waals surface area contributed by atoms with Crippen molar-refractivity contribution in [1.29, 1.82) is 0 Å². The minimum atomic E-state index is -0.550. The molecule has 0 fully saturated rings. The van der Waals surface area contributed by atoms with Crippen LogP contribution in [-0.4, -0.2) is 17.3 Å². The molecule has 0 atom stereocenters. The number of rotatable bonds is 4. The van der Waals surface area contributed by atoms with Crippen LogP contribution >= 0.6 is 0 Å². The number of benzene rings is 1. The van der Waals surface area contributed by atoms with Crippen molar-refractivity contribution in [3.05, 3.63) is 29.3 Å². The number of hydrogen-bond acceptors (Lipinski definition) is 3. The molecule has 0 aliphatic heterocycles. The van der Waals surface area contributed by atoms with E-state index in [0.29, 0.717) is 24.0 Å². The lowest BCUT2D eigenvalue weighted by atomic mass is 10.0. The molecule has 4 heteroatoms. The third kappa shape index (κ3) is 2.32. The Kier molecular flexibility index (Phi) is 3.23. The fourth-order valence-corrected chi connectivity index (χ4v) is 1.24. The van der Waals surface area contributed by atoms with Gasteiger partial charge < -0.3 is 15.6 Å². The predicted molar refractivity (Wildman–Crippen MR) is 51.0 cm³/mol. The molecular weight excluding hydrogens is 182 g/mol. The van der Waals surface area contributed by atoms with Crippen molar-refractivity contribution in [2.45, 2.75) is 12.8 Å². The van der Waals surface area contributed by atoms with Crippen LogP contribution in [0.15, 0.2) is 18.2 Å².